The third kappa shape index (κ3) is 2.65. The minimum atomic E-state index is -0.735. The van der Waals surface area contributed by atoms with E-state index in [9.17, 15) is 5.11 Å². The Hall–Kier alpha value is -0.320. The molecule has 1 aliphatic rings. The molecule has 100 valence electrons. The summed E-state index contributed by atoms with van der Waals surface area (Å²) < 4.78 is 10.9. The number of aliphatic hydroxyl groups is 1. The van der Waals surface area contributed by atoms with Gasteiger partial charge in [0.25, 0.3) is 0 Å². The number of hydrogen-bond acceptors (Lipinski definition) is 3. The first-order valence-corrected chi connectivity index (χ1v) is 6.60. The van der Waals surface area contributed by atoms with Gasteiger partial charge < -0.3 is 14.6 Å². The Morgan fingerprint density at radius 1 is 1.28 bits per heavy atom. The van der Waals surface area contributed by atoms with Crippen molar-refractivity contribution in [3.63, 3.8) is 0 Å². The zero-order valence-corrected chi connectivity index (χ0v) is 11.7. The highest BCUT2D eigenvalue weighted by Crippen LogP contribution is 2.38. The lowest BCUT2D eigenvalue weighted by Gasteiger charge is -2.39. The number of benzene rings is 1. The molecule has 0 aliphatic carbocycles. The summed E-state index contributed by atoms with van der Waals surface area (Å²) >= 11 is 11.9. The second-order valence-corrected chi connectivity index (χ2v) is 5.27. The standard InChI is InChI=1S/C13H16Cl2O3/c1-17-13(4-6-18-7-5-13)12(16)9-2-3-10(14)11(15)8-9/h2-3,8,12,16H,4-7H2,1H3. The van der Waals surface area contributed by atoms with E-state index < -0.39 is 11.7 Å². The van der Waals surface area contributed by atoms with Crippen molar-refractivity contribution in [3.8, 4) is 0 Å². The smallest absolute Gasteiger partial charge is 0.108 e. The highest BCUT2D eigenvalue weighted by atomic mass is 35.5. The summed E-state index contributed by atoms with van der Waals surface area (Å²) in [6.07, 6.45) is 0.580. The molecule has 1 unspecified atom stereocenters. The number of ether oxygens (including phenoxy) is 2. The number of methoxy groups -OCH3 is 1. The van der Waals surface area contributed by atoms with Crippen LogP contribution in [-0.4, -0.2) is 31.0 Å². The van der Waals surface area contributed by atoms with E-state index in [-0.39, 0.29) is 0 Å². The van der Waals surface area contributed by atoms with Crippen molar-refractivity contribution in [2.24, 2.45) is 0 Å². The van der Waals surface area contributed by atoms with Crippen LogP contribution in [-0.2, 0) is 9.47 Å². The molecule has 1 aliphatic heterocycles. The van der Waals surface area contributed by atoms with Crippen LogP contribution in [0.4, 0.5) is 0 Å². The zero-order chi connectivity index (χ0) is 13.2. The minimum Gasteiger partial charge on any atom is -0.385 e. The molecular weight excluding hydrogens is 275 g/mol. The van der Waals surface area contributed by atoms with E-state index in [1.165, 1.54) is 0 Å². The van der Waals surface area contributed by atoms with Crippen LogP contribution in [0.15, 0.2) is 18.2 Å². The Balaban J connectivity index is 2.27. The molecule has 1 heterocycles. The fourth-order valence-corrected chi connectivity index (χ4v) is 2.60. The summed E-state index contributed by atoms with van der Waals surface area (Å²) in [5, 5.41) is 11.4. The van der Waals surface area contributed by atoms with Gasteiger partial charge >= 0.3 is 0 Å². The average Bonchev–Trinajstić information content (AvgIpc) is 2.42. The maximum absolute atomic E-state index is 10.5. The lowest BCUT2D eigenvalue weighted by atomic mass is 9.84. The number of rotatable bonds is 3. The monoisotopic (exact) mass is 290 g/mol. The van der Waals surface area contributed by atoms with Gasteiger partial charge in [0.1, 0.15) is 11.7 Å². The molecule has 1 saturated heterocycles. The van der Waals surface area contributed by atoms with Crippen LogP contribution in [0, 0.1) is 0 Å². The molecule has 18 heavy (non-hydrogen) atoms. The van der Waals surface area contributed by atoms with Gasteiger partial charge in [0.15, 0.2) is 0 Å². The Kier molecular flexibility index (Phi) is 4.51. The molecule has 1 aromatic rings. The quantitative estimate of drug-likeness (QED) is 0.929. The van der Waals surface area contributed by atoms with Crippen LogP contribution in [0.1, 0.15) is 24.5 Å². The molecule has 2 rings (SSSR count). The highest BCUT2D eigenvalue weighted by molar-refractivity contribution is 6.42. The molecular formula is C13H16Cl2O3. The van der Waals surface area contributed by atoms with E-state index in [2.05, 4.69) is 0 Å². The lowest BCUT2D eigenvalue weighted by molar-refractivity contribution is -0.154. The molecule has 0 spiro atoms. The molecule has 0 radical (unpaired) electrons. The van der Waals surface area contributed by atoms with Gasteiger partial charge in [-0.05, 0) is 17.7 Å². The van der Waals surface area contributed by atoms with Gasteiger partial charge in [-0.25, -0.2) is 0 Å². The number of halogens is 2. The lowest BCUT2D eigenvalue weighted by Crippen LogP contribution is -2.43. The maximum Gasteiger partial charge on any atom is 0.108 e. The molecule has 0 aromatic heterocycles. The van der Waals surface area contributed by atoms with E-state index >= 15 is 0 Å². The van der Waals surface area contributed by atoms with Crippen LogP contribution in [0.5, 0.6) is 0 Å². The first-order valence-electron chi connectivity index (χ1n) is 5.85. The molecule has 1 atom stereocenters. The van der Waals surface area contributed by atoms with E-state index in [4.69, 9.17) is 32.7 Å². The van der Waals surface area contributed by atoms with Crippen molar-refractivity contribution in [2.45, 2.75) is 24.5 Å². The second kappa shape index (κ2) is 5.76. The van der Waals surface area contributed by atoms with Crippen LogP contribution in [0.2, 0.25) is 10.0 Å². The molecule has 5 heteroatoms. The van der Waals surface area contributed by atoms with Crippen LogP contribution in [0.25, 0.3) is 0 Å². The van der Waals surface area contributed by atoms with Gasteiger partial charge in [0, 0.05) is 33.2 Å². The van der Waals surface area contributed by atoms with Crippen molar-refractivity contribution in [1.29, 1.82) is 0 Å². The third-order valence-corrected chi connectivity index (χ3v) is 4.24. The Labute approximate surface area is 117 Å². The summed E-state index contributed by atoms with van der Waals surface area (Å²) in [5.74, 6) is 0. The van der Waals surface area contributed by atoms with E-state index in [1.807, 2.05) is 0 Å². The highest BCUT2D eigenvalue weighted by Gasteiger charge is 2.40. The maximum atomic E-state index is 10.5. The predicted octanol–water partition coefficient (Wildman–Crippen LogP) is 3.22. The first-order chi connectivity index (χ1) is 8.59. The van der Waals surface area contributed by atoms with E-state index in [1.54, 1.807) is 25.3 Å². The van der Waals surface area contributed by atoms with Gasteiger partial charge in [-0.1, -0.05) is 29.3 Å². The van der Waals surface area contributed by atoms with Crippen molar-refractivity contribution in [1.82, 2.24) is 0 Å². The summed E-state index contributed by atoms with van der Waals surface area (Å²) in [6.45, 7) is 1.18. The fourth-order valence-electron chi connectivity index (χ4n) is 2.29. The number of hydrogen-bond donors (Lipinski definition) is 1. The molecule has 1 fully saturated rings. The van der Waals surface area contributed by atoms with Crippen LogP contribution >= 0.6 is 23.2 Å². The molecule has 1 aromatic carbocycles. The van der Waals surface area contributed by atoms with Crippen molar-refractivity contribution < 1.29 is 14.6 Å². The van der Waals surface area contributed by atoms with Crippen LogP contribution < -0.4 is 0 Å². The Morgan fingerprint density at radius 2 is 1.94 bits per heavy atom. The van der Waals surface area contributed by atoms with Crippen molar-refractivity contribution >= 4 is 23.2 Å². The SMILES string of the molecule is COC1(C(O)c2ccc(Cl)c(Cl)c2)CCOCC1. The van der Waals surface area contributed by atoms with Gasteiger partial charge in [-0.2, -0.15) is 0 Å². The largest absolute Gasteiger partial charge is 0.385 e. The first kappa shape index (κ1) is 14.1. The average molecular weight is 291 g/mol. The van der Waals surface area contributed by atoms with Gasteiger partial charge in [-0.15, -0.1) is 0 Å². The third-order valence-electron chi connectivity index (χ3n) is 3.50. The predicted molar refractivity (Wildman–Crippen MR) is 71.2 cm³/mol. The van der Waals surface area contributed by atoms with Crippen molar-refractivity contribution in [3.05, 3.63) is 33.8 Å². The summed E-state index contributed by atoms with van der Waals surface area (Å²) in [7, 11) is 1.62. The summed E-state index contributed by atoms with van der Waals surface area (Å²) in [4.78, 5) is 0. The molecule has 0 amide bonds. The van der Waals surface area contributed by atoms with Gasteiger partial charge in [0.2, 0.25) is 0 Å². The summed E-state index contributed by atoms with van der Waals surface area (Å²) in [6, 6.07) is 5.14. The molecule has 3 nitrogen and oxygen atoms in total. The Bertz CT molecular complexity index is 417. The van der Waals surface area contributed by atoms with E-state index in [0.717, 1.165) is 0 Å². The number of aliphatic hydroxyl groups excluding tert-OH is 1. The van der Waals surface area contributed by atoms with Crippen molar-refractivity contribution in [2.75, 3.05) is 20.3 Å². The van der Waals surface area contributed by atoms with Gasteiger partial charge in [-0.3, -0.25) is 0 Å². The molecule has 1 N–H and O–H groups in total. The van der Waals surface area contributed by atoms with E-state index in [0.29, 0.717) is 41.7 Å². The molecule has 0 saturated carbocycles. The second-order valence-electron chi connectivity index (χ2n) is 4.46. The summed E-state index contributed by atoms with van der Waals surface area (Å²) in [5.41, 5.74) is 0.114. The normalized spacial score (nSPS) is 20.7. The Morgan fingerprint density at radius 3 is 2.50 bits per heavy atom. The zero-order valence-electron chi connectivity index (χ0n) is 10.2. The van der Waals surface area contributed by atoms with Crippen LogP contribution in [0.3, 0.4) is 0 Å². The molecule has 0 bridgehead atoms. The van der Waals surface area contributed by atoms with Gasteiger partial charge in [0.05, 0.1) is 10.0 Å². The topological polar surface area (TPSA) is 38.7 Å². The minimum absolute atomic E-state index is 0.437. The fraction of sp³-hybridized carbons (Fsp3) is 0.538.